The zero-order valence-corrected chi connectivity index (χ0v) is 17.6. The molecule has 1 heterocycles. The Hall–Kier alpha value is -3.47. The first-order chi connectivity index (χ1) is 14.4. The van der Waals surface area contributed by atoms with E-state index in [1.165, 1.54) is 0 Å². The molecule has 3 aromatic carbocycles. The van der Waals surface area contributed by atoms with E-state index in [4.69, 9.17) is 13.9 Å². The largest absolute Gasteiger partial charge is 0.495 e. The number of carbonyl (C=O) groups excluding carboxylic acids is 1. The van der Waals surface area contributed by atoms with Crippen LogP contribution in [0.5, 0.6) is 11.5 Å². The first-order valence-electron chi connectivity index (χ1n) is 9.88. The minimum Gasteiger partial charge on any atom is -0.495 e. The van der Waals surface area contributed by atoms with E-state index in [-0.39, 0.29) is 17.9 Å². The molecule has 1 amide bonds. The number of methoxy groups -OCH3 is 1. The molecule has 0 spiro atoms. The highest BCUT2D eigenvalue weighted by Gasteiger charge is 2.19. The second-order valence-corrected chi connectivity index (χ2v) is 8.23. The number of rotatable bonds is 5. The van der Waals surface area contributed by atoms with E-state index in [1.807, 2.05) is 54.6 Å². The minimum atomic E-state index is -0.271. The molecule has 0 aliphatic rings. The Kier molecular flexibility index (Phi) is 5.12. The summed E-state index contributed by atoms with van der Waals surface area (Å²) in [4.78, 5) is 12.6. The molecule has 0 saturated heterocycles. The summed E-state index contributed by atoms with van der Waals surface area (Å²) in [6.07, 6.45) is 0. The van der Waals surface area contributed by atoms with Gasteiger partial charge < -0.3 is 19.2 Å². The number of hydrogen-bond acceptors (Lipinski definition) is 4. The SMILES string of the molecule is COc1cc2c(cc1NC(=O)COc1ccccc1C(C)(C)C)oc1ccccc12. The zero-order valence-electron chi connectivity index (χ0n) is 17.6. The summed E-state index contributed by atoms with van der Waals surface area (Å²) < 4.78 is 17.3. The summed E-state index contributed by atoms with van der Waals surface area (Å²) in [5, 5.41) is 4.82. The quantitative estimate of drug-likeness (QED) is 0.450. The molecular formula is C25H25NO4. The average Bonchev–Trinajstić information content (AvgIpc) is 3.08. The van der Waals surface area contributed by atoms with E-state index < -0.39 is 0 Å². The standard InChI is InChI=1S/C25H25NO4/c1-25(2,3)18-10-6-8-12-21(18)29-15-24(27)26-19-14-22-17(13-23(19)28-4)16-9-5-7-11-20(16)30-22/h5-14H,15H2,1-4H3,(H,26,27). The third-order valence-electron chi connectivity index (χ3n) is 5.03. The summed E-state index contributed by atoms with van der Waals surface area (Å²) in [6.45, 7) is 6.24. The predicted octanol–water partition coefficient (Wildman–Crippen LogP) is 5.91. The zero-order chi connectivity index (χ0) is 21.3. The molecule has 0 saturated carbocycles. The molecule has 0 aliphatic carbocycles. The molecule has 4 aromatic rings. The molecule has 0 atom stereocenters. The second kappa shape index (κ2) is 7.75. The van der Waals surface area contributed by atoms with Crippen LogP contribution < -0.4 is 14.8 Å². The van der Waals surface area contributed by atoms with Crippen LogP contribution >= 0.6 is 0 Å². The topological polar surface area (TPSA) is 60.7 Å². The van der Waals surface area contributed by atoms with E-state index in [9.17, 15) is 4.79 Å². The lowest BCUT2D eigenvalue weighted by Crippen LogP contribution is -2.22. The van der Waals surface area contributed by atoms with Crippen molar-refractivity contribution in [2.75, 3.05) is 19.0 Å². The minimum absolute atomic E-state index is 0.0807. The third kappa shape index (κ3) is 3.83. The van der Waals surface area contributed by atoms with Gasteiger partial charge in [-0.1, -0.05) is 57.2 Å². The number of para-hydroxylation sites is 2. The van der Waals surface area contributed by atoms with E-state index in [1.54, 1.807) is 13.2 Å². The number of anilines is 1. The second-order valence-electron chi connectivity index (χ2n) is 8.23. The molecule has 154 valence electrons. The van der Waals surface area contributed by atoms with Crippen LogP contribution in [-0.4, -0.2) is 19.6 Å². The van der Waals surface area contributed by atoms with Crippen molar-refractivity contribution in [3.05, 3.63) is 66.2 Å². The van der Waals surface area contributed by atoms with Gasteiger partial charge in [-0.25, -0.2) is 0 Å². The normalized spacial score (nSPS) is 11.6. The van der Waals surface area contributed by atoms with Crippen LogP contribution in [0.3, 0.4) is 0 Å². The molecule has 30 heavy (non-hydrogen) atoms. The third-order valence-corrected chi connectivity index (χ3v) is 5.03. The van der Waals surface area contributed by atoms with Gasteiger partial charge in [0.1, 0.15) is 22.7 Å². The number of carbonyl (C=O) groups is 1. The molecule has 1 N–H and O–H groups in total. The number of furan rings is 1. The molecule has 5 nitrogen and oxygen atoms in total. The Bertz CT molecular complexity index is 1220. The lowest BCUT2D eigenvalue weighted by molar-refractivity contribution is -0.118. The molecule has 0 bridgehead atoms. The lowest BCUT2D eigenvalue weighted by atomic mass is 9.86. The van der Waals surface area contributed by atoms with Gasteiger partial charge in [-0.05, 0) is 29.2 Å². The molecule has 0 unspecified atom stereocenters. The molecule has 0 aliphatic heterocycles. The Morgan fingerprint density at radius 3 is 2.43 bits per heavy atom. The predicted molar refractivity (Wildman–Crippen MR) is 120 cm³/mol. The summed E-state index contributed by atoms with van der Waals surface area (Å²) >= 11 is 0. The summed E-state index contributed by atoms with van der Waals surface area (Å²) in [7, 11) is 1.58. The van der Waals surface area contributed by atoms with Gasteiger partial charge in [0, 0.05) is 16.8 Å². The number of benzene rings is 3. The molecule has 0 fully saturated rings. The van der Waals surface area contributed by atoms with Crippen LogP contribution in [0.1, 0.15) is 26.3 Å². The molecule has 1 aromatic heterocycles. The van der Waals surface area contributed by atoms with Crippen molar-refractivity contribution in [1.29, 1.82) is 0 Å². The number of nitrogens with one attached hydrogen (secondary N) is 1. The van der Waals surface area contributed by atoms with Crippen LogP contribution in [0.25, 0.3) is 21.9 Å². The Balaban J connectivity index is 1.55. The Morgan fingerprint density at radius 1 is 0.933 bits per heavy atom. The van der Waals surface area contributed by atoms with Crippen LogP contribution in [0.15, 0.2) is 65.1 Å². The van der Waals surface area contributed by atoms with Crippen molar-refractivity contribution in [2.45, 2.75) is 26.2 Å². The van der Waals surface area contributed by atoms with Crippen LogP contribution in [-0.2, 0) is 10.2 Å². The monoisotopic (exact) mass is 403 g/mol. The van der Waals surface area contributed by atoms with Gasteiger partial charge >= 0.3 is 0 Å². The molecular weight excluding hydrogens is 378 g/mol. The first-order valence-corrected chi connectivity index (χ1v) is 9.88. The summed E-state index contributed by atoms with van der Waals surface area (Å²) in [5.41, 5.74) is 3.00. The van der Waals surface area contributed by atoms with E-state index in [2.05, 4.69) is 26.1 Å². The van der Waals surface area contributed by atoms with Crippen LogP contribution in [0.2, 0.25) is 0 Å². The van der Waals surface area contributed by atoms with Crippen LogP contribution in [0.4, 0.5) is 5.69 Å². The van der Waals surface area contributed by atoms with Crippen molar-refractivity contribution < 1.29 is 18.7 Å². The maximum absolute atomic E-state index is 12.6. The average molecular weight is 403 g/mol. The summed E-state index contributed by atoms with van der Waals surface area (Å²) in [6, 6.07) is 19.3. The maximum atomic E-state index is 12.6. The Labute approximate surface area is 175 Å². The number of fused-ring (bicyclic) bond motifs is 3. The van der Waals surface area contributed by atoms with E-state index in [0.717, 1.165) is 21.9 Å². The maximum Gasteiger partial charge on any atom is 0.262 e. The Morgan fingerprint density at radius 2 is 1.67 bits per heavy atom. The highest BCUT2D eigenvalue weighted by Crippen LogP contribution is 2.36. The van der Waals surface area contributed by atoms with Crippen LogP contribution in [0, 0.1) is 0 Å². The van der Waals surface area contributed by atoms with Crippen molar-refractivity contribution in [2.24, 2.45) is 0 Å². The smallest absolute Gasteiger partial charge is 0.262 e. The van der Waals surface area contributed by atoms with Gasteiger partial charge in [-0.2, -0.15) is 0 Å². The van der Waals surface area contributed by atoms with Crippen molar-refractivity contribution in [1.82, 2.24) is 0 Å². The van der Waals surface area contributed by atoms with Crippen molar-refractivity contribution in [3.63, 3.8) is 0 Å². The fraction of sp³-hybridized carbons (Fsp3) is 0.240. The van der Waals surface area contributed by atoms with Gasteiger partial charge in [-0.15, -0.1) is 0 Å². The summed E-state index contributed by atoms with van der Waals surface area (Å²) in [5.74, 6) is 1.00. The van der Waals surface area contributed by atoms with Crippen molar-refractivity contribution in [3.8, 4) is 11.5 Å². The number of amides is 1. The van der Waals surface area contributed by atoms with Gasteiger partial charge in [0.05, 0.1) is 12.8 Å². The van der Waals surface area contributed by atoms with Gasteiger partial charge in [-0.3, -0.25) is 4.79 Å². The van der Waals surface area contributed by atoms with Gasteiger partial charge in [0.25, 0.3) is 5.91 Å². The highest BCUT2D eigenvalue weighted by molar-refractivity contribution is 6.07. The molecule has 0 radical (unpaired) electrons. The van der Waals surface area contributed by atoms with Gasteiger partial charge in [0.2, 0.25) is 0 Å². The van der Waals surface area contributed by atoms with E-state index in [0.29, 0.717) is 22.8 Å². The highest BCUT2D eigenvalue weighted by atomic mass is 16.5. The molecule has 5 heteroatoms. The fourth-order valence-corrected chi connectivity index (χ4v) is 3.56. The lowest BCUT2D eigenvalue weighted by Gasteiger charge is -2.22. The first kappa shape index (κ1) is 19.8. The number of ether oxygens (including phenoxy) is 2. The van der Waals surface area contributed by atoms with Gasteiger partial charge in [0.15, 0.2) is 6.61 Å². The molecule has 4 rings (SSSR count). The number of hydrogen-bond donors (Lipinski definition) is 1. The fourth-order valence-electron chi connectivity index (χ4n) is 3.56. The van der Waals surface area contributed by atoms with Crippen molar-refractivity contribution >= 4 is 33.5 Å². The van der Waals surface area contributed by atoms with E-state index >= 15 is 0 Å².